The highest BCUT2D eigenvalue weighted by molar-refractivity contribution is 4.86. The Morgan fingerprint density at radius 1 is 1.69 bits per heavy atom. The van der Waals surface area contributed by atoms with Crippen LogP contribution in [0.1, 0.15) is 25.7 Å². The van der Waals surface area contributed by atoms with Crippen LogP contribution in [-0.2, 0) is 6.54 Å². The summed E-state index contributed by atoms with van der Waals surface area (Å²) in [4.78, 5) is 4.16. The minimum absolute atomic E-state index is 0.364. The van der Waals surface area contributed by atoms with Gasteiger partial charge in [0.25, 0.3) is 0 Å². The summed E-state index contributed by atoms with van der Waals surface area (Å²) < 4.78 is 1.91. The van der Waals surface area contributed by atoms with Gasteiger partial charge in [-0.2, -0.15) is 5.10 Å². The van der Waals surface area contributed by atoms with E-state index in [0.717, 1.165) is 18.9 Å². The summed E-state index contributed by atoms with van der Waals surface area (Å²) in [6.07, 6.45) is 3.42. The van der Waals surface area contributed by atoms with Crippen LogP contribution in [0.5, 0.6) is 0 Å². The standard InChI is InChI=1S/C9H16N4/c1-4-5-10-6-9-11-7-12-13(9)8(2)3/h4,7-8,10H,1,5-6H2,2-3H3. The summed E-state index contributed by atoms with van der Waals surface area (Å²) in [5.41, 5.74) is 0. The van der Waals surface area contributed by atoms with E-state index in [0.29, 0.717) is 6.04 Å². The van der Waals surface area contributed by atoms with Crippen molar-refractivity contribution in [1.29, 1.82) is 0 Å². The Labute approximate surface area is 78.7 Å². The molecule has 72 valence electrons. The van der Waals surface area contributed by atoms with E-state index in [1.165, 1.54) is 0 Å². The van der Waals surface area contributed by atoms with E-state index in [1.807, 2.05) is 10.8 Å². The van der Waals surface area contributed by atoms with Gasteiger partial charge in [0.2, 0.25) is 0 Å². The van der Waals surface area contributed by atoms with Gasteiger partial charge in [-0.1, -0.05) is 6.08 Å². The molecule has 4 heteroatoms. The highest BCUT2D eigenvalue weighted by atomic mass is 15.3. The zero-order chi connectivity index (χ0) is 9.68. The minimum atomic E-state index is 0.364. The summed E-state index contributed by atoms with van der Waals surface area (Å²) in [6.45, 7) is 9.35. The molecule has 0 radical (unpaired) electrons. The van der Waals surface area contributed by atoms with Crippen LogP contribution in [0.25, 0.3) is 0 Å². The molecule has 0 saturated carbocycles. The molecule has 1 aromatic heterocycles. The lowest BCUT2D eigenvalue weighted by atomic mass is 10.4. The van der Waals surface area contributed by atoms with E-state index in [2.05, 4.69) is 35.8 Å². The fraction of sp³-hybridized carbons (Fsp3) is 0.556. The molecule has 1 heterocycles. The summed E-state index contributed by atoms with van der Waals surface area (Å²) in [5, 5.41) is 7.33. The number of aromatic nitrogens is 3. The van der Waals surface area contributed by atoms with E-state index in [-0.39, 0.29) is 0 Å². The van der Waals surface area contributed by atoms with Crippen LogP contribution in [0.2, 0.25) is 0 Å². The van der Waals surface area contributed by atoms with Crippen molar-refractivity contribution in [1.82, 2.24) is 20.1 Å². The first-order valence-corrected chi connectivity index (χ1v) is 4.45. The molecular formula is C9H16N4. The van der Waals surface area contributed by atoms with Gasteiger partial charge < -0.3 is 5.32 Å². The molecular weight excluding hydrogens is 164 g/mol. The predicted molar refractivity (Wildman–Crippen MR) is 52.3 cm³/mol. The molecule has 1 aromatic rings. The first-order chi connectivity index (χ1) is 6.25. The average Bonchev–Trinajstić information content (AvgIpc) is 2.53. The third-order valence-electron chi connectivity index (χ3n) is 1.71. The largest absolute Gasteiger partial charge is 0.306 e. The smallest absolute Gasteiger partial charge is 0.141 e. The van der Waals surface area contributed by atoms with Gasteiger partial charge >= 0.3 is 0 Å². The molecule has 0 aromatic carbocycles. The van der Waals surface area contributed by atoms with Crippen LogP contribution in [0.3, 0.4) is 0 Å². The van der Waals surface area contributed by atoms with Crippen LogP contribution < -0.4 is 5.32 Å². The second kappa shape index (κ2) is 4.77. The maximum Gasteiger partial charge on any atom is 0.141 e. The summed E-state index contributed by atoms with van der Waals surface area (Å²) in [5.74, 6) is 0.969. The Morgan fingerprint density at radius 3 is 3.08 bits per heavy atom. The van der Waals surface area contributed by atoms with Gasteiger partial charge in [-0.05, 0) is 13.8 Å². The van der Waals surface area contributed by atoms with Gasteiger partial charge in [-0.3, -0.25) is 0 Å². The quantitative estimate of drug-likeness (QED) is 0.545. The molecule has 0 fully saturated rings. The van der Waals surface area contributed by atoms with Gasteiger partial charge in [-0.15, -0.1) is 6.58 Å². The van der Waals surface area contributed by atoms with E-state index in [9.17, 15) is 0 Å². The molecule has 1 rings (SSSR count). The van der Waals surface area contributed by atoms with Gasteiger partial charge in [-0.25, -0.2) is 9.67 Å². The Bertz CT molecular complexity index is 264. The second-order valence-electron chi connectivity index (χ2n) is 3.13. The first kappa shape index (κ1) is 9.92. The molecule has 0 atom stereocenters. The van der Waals surface area contributed by atoms with Gasteiger partial charge in [0.1, 0.15) is 12.2 Å². The average molecular weight is 180 g/mol. The molecule has 0 saturated heterocycles. The third-order valence-corrected chi connectivity index (χ3v) is 1.71. The Hall–Kier alpha value is -1.16. The number of hydrogen-bond donors (Lipinski definition) is 1. The van der Waals surface area contributed by atoms with E-state index < -0.39 is 0 Å². The Kier molecular flexibility index (Phi) is 3.64. The number of nitrogens with one attached hydrogen (secondary N) is 1. The fourth-order valence-electron chi connectivity index (χ4n) is 1.12. The molecule has 13 heavy (non-hydrogen) atoms. The van der Waals surface area contributed by atoms with Crippen molar-refractivity contribution in [2.45, 2.75) is 26.4 Å². The number of hydrogen-bond acceptors (Lipinski definition) is 3. The van der Waals surface area contributed by atoms with Gasteiger partial charge in [0.15, 0.2) is 0 Å². The van der Waals surface area contributed by atoms with Gasteiger partial charge in [0.05, 0.1) is 6.54 Å². The van der Waals surface area contributed by atoms with Crippen molar-refractivity contribution in [3.63, 3.8) is 0 Å². The van der Waals surface area contributed by atoms with Crippen molar-refractivity contribution in [2.75, 3.05) is 6.54 Å². The summed E-state index contributed by atoms with van der Waals surface area (Å²) >= 11 is 0. The Balaban J connectivity index is 2.55. The molecule has 0 aliphatic heterocycles. The molecule has 0 aliphatic rings. The lowest BCUT2D eigenvalue weighted by Crippen LogP contribution is -2.18. The van der Waals surface area contributed by atoms with Gasteiger partial charge in [0, 0.05) is 12.6 Å². The van der Waals surface area contributed by atoms with Crippen molar-refractivity contribution in [2.24, 2.45) is 0 Å². The van der Waals surface area contributed by atoms with Crippen molar-refractivity contribution >= 4 is 0 Å². The Morgan fingerprint density at radius 2 is 2.46 bits per heavy atom. The lowest BCUT2D eigenvalue weighted by Gasteiger charge is -2.08. The van der Waals surface area contributed by atoms with E-state index in [1.54, 1.807) is 6.33 Å². The number of nitrogens with zero attached hydrogens (tertiary/aromatic N) is 3. The molecule has 0 spiro atoms. The van der Waals surface area contributed by atoms with E-state index in [4.69, 9.17) is 0 Å². The van der Waals surface area contributed by atoms with E-state index >= 15 is 0 Å². The summed E-state index contributed by atoms with van der Waals surface area (Å²) in [6, 6.07) is 0.364. The molecule has 0 bridgehead atoms. The molecule has 0 unspecified atom stereocenters. The summed E-state index contributed by atoms with van der Waals surface area (Å²) in [7, 11) is 0. The SMILES string of the molecule is C=CCNCc1ncnn1C(C)C. The fourth-order valence-corrected chi connectivity index (χ4v) is 1.12. The highest BCUT2D eigenvalue weighted by Gasteiger charge is 2.05. The molecule has 0 aliphatic carbocycles. The molecule has 1 N–H and O–H groups in total. The highest BCUT2D eigenvalue weighted by Crippen LogP contribution is 2.04. The second-order valence-corrected chi connectivity index (χ2v) is 3.13. The first-order valence-electron chi connectivity index (χ1n) is 4.45. The van der Waals surface area contributed by atoms with Crippen molar-refractivity contribution in [3.8, 4) is 0 Å². The normalized spacial score (nSPS) is 10.7. The zero-order valence-electron chi connectivity index (χ0n) is 8.20. The van der Waals surface area contributed by atoms with Crippen molar-refractivity contribution < 1.29 is 0 Å². The predicted octanol–water partition coefficient (Wildman–Crippen LogP) is 1.13. The van der Waals surface area contributed by atoms with Crippen molar-refractivity contribution in [3.05, 3.63) is 24.8 Å². The lowest BCUT2D eigenvalue weighted by molar-refractivity contribution is 0.494. The minimum Gasteiger partial charge on any atom is -0.306 e. The monoisotopic (exact) mass is 180 g/mol. The maximum absolute atomic E-state index is 4.16. The van der Waals surface area contributed by atoms with Crippen LogP contribution in [0.15, 0.2) is 19.0 Å². The van der Waals surface area contributed by atoms with Crippen LogP contribution >= 0.6 is 0 Å². The molecule has 0 amide bonds. The van der Waals surface area contributed by atoms with Crippen LogP contribution in [0.4, 0.5) is 0 Å². The molecule has 4 nitrogen and oxygen atoms in total. The topological polar surface area (TPSA) is 42.7 Å². The number of rotatable bonds is 5. The van der Waals surface area contributed by atoms with Crippen LogP contribution in [0, 0.1) is 0 Å². The maximum atomic E-state index is 4.16. The zero-order valence-corrected chi connectivity index (χ0v) is 8.20. The van der Waals surface area contributed by atoms with Crippen LogP contribution in [-0.4, -0.2) is 21.3 Å². The third kappa shape index (κ3) is 2.66.